The lowest BCUT2D eigenvalue weighted by molar-refractivity contribution is -0.142. The molecule has 0 bridgehead atoms. The molecule has 0 saturated heterocycles. The van der Waals surface area contributed by atoms with Crippen LogP contribution in [0.2, 0.25) is 19.6 Å². The van der Waals surface area contributed by atoms with Crippen LogP contribution in [0.1, 0.15) is 180 Å². The third kappa shape index (κ3) is 15.6. The number of aryl methyl sites for hydroxylation is 4. The molecule has 4 aromatic carbocycles. The van der Waals surface area contributed by atoms with Gasteiger partial charge in [0, 0.05) is 70.4 Å². The Hall–Kier alpha value is -6.62. The Morgan fingerprint density at radius 3 is 1.32 bits per heavy atom. The first-order valence-corrected chi connectivity index (χ1v) is 32.4. The molecule has 0 saturated carbocycles. The molecule has 2 heterocycles. The number of nitrogens with zero attached hydrogens (tertiary/aromatic N) is 2. The van der Waals surface area contributed by atoms with Gasteiger partial charge in [0.1, 0.15) is 17.8 Å². The lowest BCUT2D eigenvalue weighted by atomic mass is 9.69. The van der Waals surface area contributed by atoms with Gasteiger partial charge < -0.3 is 19.0 Å². The molecule has 0 aliphatic rings. The second-order valence-electron chi connectivity index (χ2n) is 22.5. The van der Waals surface area contributed by atoms with Crippen LogP contribution in [0.5, 0.6) is 0 Å². The van der Waals surface area contributed by atoms with Crippen molar-refractivity contribution in [3.63, 3.8) is 0 Å². The van der Waals surface area contributed by atoms with Crippen LogP contribution in [0, 0.1) is 51.4 Å². The summed E-state index contributed by atoms with van der Waals surface area (Å²) in [4.78, 5) is 31.8. The number of rotatable bonds is 20. The first-order chi connectivity index (χ1) is 38.0. The highest BCUT2D eigenvalue weighted by molar-refractivity contribution is 6.69. The van der Waals surface area contributed by atoms with E-state index in [1.54, 1.807) is 12.4 Å². The molecule has 2 aromatic heterocycles. The van der Waals surface area contributed by atoms with Gasteiger partial charge in [0.15, 0.2) is 8.32 Å². The summed E-state index contributed by atoms with van der Waals surface area (Å²) in [5, 5.41) is 10.6. The predicted molar refractivity (Wildman–Crippen MR) is 332 cm³/mol. The van der Waals surface area contributed by atoms with Crippen molar-refractivity contribution in [2.45, 2.75) is 196 Å². The molecule has 0 atom stereocenters. The van der Waals surface area contributed by atoms with Crippen LogP contribution in [0.15, 0.2) is 110 Å². The van der Waals surface area contributed by atoms with Crippen molar-refractivity contribution < 1.29 is 28.6 Å². The Morgan fingerprint density at radius 2 is 0.950 bits per heavy atom. The number of ether oxygens (including phenoxy) is 2. The molecule has 0 aliphatic heterocycles. The lowest BCUT2D eigenvalue weighted by Gasteiger charge is -2.34. The van der Waals surface area contributed by atoms with Crippen molar-refractivity contribution in [3.05, 3.63) is 176 Å². The lowest BCUT2D eigenvalue weighted by Crippen LogP contribution is -2.41. The molecular weight excluding hydrogens is 1000 g/mol. The zero-order chi connectivity index (χ0) is 59.1. The molecule has 6 rings (SSSR count). The molecule has 0 amide bonds. The van der Waals surface area contributed by atoms with Crippen molar-refractivity contribution in [3.8, 4) is 45.9 Å². The predicted octanol–water partition coefficient (Wildman–Crippen LogP) is 16.4. The van der Waals surface area contributed by atoms with E-state index in [0.717, 1.165) is 88.6 Å². The van der Waals surface area contributed by atoms with Crippen LogP contribution < -0.4 is 0 Å². The molecule has 0 radical (unpaired) electrons. The highest BCUT2D eigenvalue weighted by atomic mass is 28.4. The minimum absolute atomic E-state index is 0.104. The van der Waals surface area contributed by atoms with Crippen molar-refractivity contribution in [2.24, 2.45) is 0 Å². The van der Waals surface area contributed by atoms with E-state index in [-0.39, 0.29) is 41.4 Å². The van der Waals surface area contributed by atoms with E-state index in [2.05, 4.69) is 201 Å². The number of benzene rings is 4. The number of methoxy groups -OCH3 is 1. The topological polar surface area (TPSA) is 108 Å². The molecule has 424 valence electrons. The van der Waals surface area contributed by atoms with Gasteiger partial charge in [0.05, 0.1) is 13.5 Å². The number of aromatic nitrogens is 2. The second kappa shape index (κ2) is 28.2. The SMILES string of the molecule is CCC(C#Cc1ccc(C(CC)(CC)c2ccc(-c3cncc(COC(C)=O)c3)c(C)c2)cc1C)(CC)O[Si](C)(C)C.CCC(O)(C#Cc1ccc(C(CC)(CC)c2ccc(-c3cncc(CC(=O)OC)c3)c(C)c2)cc1C)CC. The summed E-state index contributed by atoms with van der Waals surface area (Å²) in [5.74, 6) is 12.8. The molecule has 0 fully saturated rings. The highest BCUT2D eigenvalue weighted by Gasteiger charge is 2.34. The number of carbonyl (C=O) groups is 2. The summed E-state index contributed by atoms with van der Waals surface area (Å²) in [6, 6.07) is 30.9. The van der Waals surface area contributed by atoms with E-state index in [4.69, 9.17) is 13.9 Å². The van der Waals surface area contributed by atoms with E-state index >= 15 is 0 Å². The Bertz CT molecular complexity index is 3220. The molecule has 0 aliphatic carbocycles. The first-order valence-electron chi connectivity index (χ1n) is 29.0. The summed E-state index contributed by atoms with van der Waals surface area (Å²) in [7, 11) is -0.333. The maximum atomic E-state index is 11.7. The highest BCUT2D eigenvalue weighted by Crippen LogP contribution is 2.43. The average Bonchev–Trinajstić information content (AvgIpc) is 3.45. The monoisotopic (exact) mass is 1090 g/mol. The minimum Gasteiger partial charge on any atom is -0.469 e. The molecule has 80 heavy (non-hydrogen) atoms. The van der Waals surface area contributed by atoms with Gasteiger partial charge in [-0.15, -0.1) is 0 Å². The summed E-state index contributed by atoms with van der Waals surface area (Å²) in [6.45, 7) is 34.3. The van der Waals surface area contributed by atoms with Gasteiger partial charge in [0.25, 0.3) is 0 Å². The number of hydrogen-bond acceptors (Lipinski definition) is 8. The molecule has 6 aromatic rings. The second-order valence-corrected chi connectivity index (χ2v) is 27.0. The number of pyridine rings is 2. The van der Waals surface area contributed by atoms with Gasteiger partial charge in [-0.2, -0.15) is 0 Å². The standard InChI is InChI=1S/C37H49NO3Si.C34H41NO3/c1-11-36(12-2,41-42(8,9)10)20-19-31-15-16-33(21-27(31)5)37(13-3,14-4)34-17-18-35(28(6)22-34)32-23-30(24-38-25-32)26-40-29(7)39;1-8-33(37,9-2)17-16-27-12-13-29(18-24(27)5)34(10-3,11-4)30-14-15-31(25(6)19-30)28-20-26(22-35-23-28)21-32(36)38-7/h15-18,21-25H,11-14,26H2,1-10H3;12-15,18-20,22-23,37H,8-11,21H2,1-7H3. The van der Waals surface area contributed by atoms with Crippen LogP contribution in [-0.4, -0.2) is 53.6 Å². The number of aliphatic hydroxyl groups is 1. The Kier molecular flexibility index (Phi) is 22.6. The maximum Gasteiger partial charge on any atom is 0.310 e. The van der Waals surface area contributed by atoms with E-state index in [1.807, 2.05) is 32.3 Å². The number of esters is 2. The maximum absolute atomic E-state index is 11.7. The molecule has 9 heteroatoms. The van der Waals surface area contributed by atoms with E-state index < -0.39 is 13.9 Å². The fraction of sp³-hybridized carbons (Fsp3) is 0.437. The molecule has 0 unspecified atom stereocenters. The minimum atomic E-state index is -1.73. The van der Waals surface area contributed by atoms with Gasteiger partial charge in [-0.05, 0) is 184 Å². The zero-order valence-corrected chi connectivity index (χ0v) is 52.3. The van der Waals surface area contributed by atoms with Gasteiger partial charge in [-0.1, -0.05) is 140 Å². The summed E-state index contributed by atoms with van der Waals surface area (Å²) >= 11 is 0. The molecule has 1 N–H and O–H groups in total. The van der Waals surface area contributed by atoms with Gasteiger partial charge in [0.2, 0.25) is 0 Å². The number of carbonyl (C=O) groups excluding carboxylic acids is 2. The van der Waals surface area contributed by atoms with Crippen LogP contribution >= 0.6 is 0 Å². The largest absolute Gasteiger partial charge is 0.469 e. The first kappa shape index (κ1) is 64.2. The number of hydrogen-bond donors (Lipinski definition) is 1. The van der Waals surface area contributed by atoms with Crippen molar-refractivity contribution >= 4 is 20.3 Å². The Balaban J connectivity index is 0.000000295. The van der Waals surface area contributed by atoms with Gasteiger partial charge in [-0.3, -0.25) is 19.6 Å². The smallest absolute Gasteiger partial charge is 0.310 e. The average molecular weight is 1100 g/mol. The third-order valence-electron chi connectivity index (χ3n) is 16.4. The fourth-order valence-electron chi connectivity index (χ4n) is 11.1. The normalized spacial score (nSPS) is 11.8. The van der Waals surface area contributed by atoms with Crippen LogP contribution in [0.3, 0.4) is 0 Å². The van der Waals surface area contributed by atoms with E-state index in [0.29, 0.717) is 12.8 Å². The summed E-state index contributed by atoms with van der Waals surface area (Å²) in [6.07, 6.45) is 14.3. The van der Waals surface area contributed by atoms with E-state index in [9.17, 15) is 14.7 Å². The van der Waals surface area contributed by atoms with Crippen LogP contribution in [0.4, 0.5) is 0 Å². The zero-order valence-electron chi connectivity index (χ0n) is 51.3. The molecular formula is C71H90N2O6Si. The third-order valence-corrected chi connectivity index (χ3v) is 17.4. The summed E-state index contributed by atoms with van der Waals surface area (Å²) in [5.41, 5.74) is 16.3. The molecule has 0 spiro atoms. The van der Waals surface area contributed by atoms with Gasteiger partial charge >= 0.3 is 11.9 Å². The Labute approximate surface area is 482 Å². The van der Waals surface area contributed by atoms with Crippen molar-refractivity contribution in [2.75, 3.05) is 7.11 Å². The van der Waals surface area contributed by atoms with Gasteiger partial charge in [-0.25, -0.2) is 0 Å². The van der Waals surface area contributed by atoms with Crippen molar-refractivity contribution in [1.82, 2.24) is 9.97 Å². The van der Waals surface area contributed by atoms with Crippen LogP contribution in [-0.2, 0) is 47.3 Å². The molecule has 8 nitrogen and oxygen atoms in total. The fourth-order valence-corrected chi connectivity index (χ4v) is 12.6. The van der Waals surface area contributed by atoms with Crippen molar-refractivity contribution in [1.29, 1.82) is 0 Å². The van der Waals surface area contributed by atoms with Crippen LogP contribution in [0.25, 0.3) is 22.3 Å². The summed E-state index contributed by atoms with van der Waals surface area (Å²) < 4.78 is 16.6. The Morgan fingerprint density at radius 1 is 0.537 bits per heavy atom. The quantitative estimate of drug-likeness (QED) is 0.0458. The van der Waals surface area contributed by atoms with E-state index in [1.165, 1.54) is 53.0 Å².